The van der Waals surface area contributed by atoms with Crippen LogP contribution < -0.4 is 0 Å². The fraction of sp³-hybridized carbons (Fsp3) is 0.286. The van der Waals surface area contributed by atoms with Crippen LogP contribution in [0.2, 0.25) is 0 Å². The van der Waals surface area contributed by atoms with E-state index in [1.807, 2.05) is 0 Å². The van der Waals surface area contributed by atoms with Crippen molar-refractivity contribution in [1.82, 2.24) is 14.5 Å². The molecule has 2 heterocycles. The molecule has 0 saturated carbocycles. The van der Waals surface area contributed by atoms with Crippen LogP contribution in [0.4, 0.5) is 13.2 Å². The molecule has 0 saturated heterocycles. The summed E-state index contributed by atoms with van der Waals surface area (Å²) in [5, 5.41) is 0.00817. The summed E-state index contributed by atoms with van der Waals surface area (Å²) in [6.45, 7) is 0.481. The Labute approximate surface area is 123 Å². The van der Waals surface area contributed by atoms with Crippen LogP contribution in [-0.4, -0.2) is 20.7 Å². The first-order chi connectivity index (χ1) is 9.87. The zero-order valence-corrected chi connectivity index (χ0v) is 11.8. The summed E-state index contributed by atoms with van der Waals surface area (Å²) in [6.07, 6.45) is -2.87. The average Bonchev–Trinajstić information content (AvgIpc) is 2.76. The van der Waals surface area contributed by atoms with Crippen LogP contribution in [0.1, 0.15) is 18.1 Å². The first-order valence-corrected chi connectivity index (χ1v) is 6.75. The molecule has 0 N–H and O–H groups in total. The number of hydrogen-bond acceptors (Lipinski definition) is 2. The molecule has 0 fully saturated rings. The number of imidazole rings is 1. The molecule has 0 aliphatic rings. The number of aromatic nitrogens is 3. The standard InChI is InChI=1S/C14H11ClF3N3/c1-8(15)13-20-11-6-19-10-5-3-2-4-9(10)12(11)21(13)7-14(16,17)18/h2-6,8H,7H2,1H3. The van der Waals surface area contributed by atoms with E-state index in [1.54, 1.807) is 31.2 Å². The number of halogens is 4. The molecule has 2 aromatic heterocycles. The monoisotopic (exact) mass is 313 g/mol. The molecule has 3 rings (SSSR count). The summed E-state index contributed by atoms with van der Waals surface area (Å²) in [7, 11) is 0. The van der Waals surface area contributed by atoms with Gasteiger partial charge < -0.3 is 4.57 Å². The van der Waals surface area contributed by atoms with E-state index in [-0.39, 0.29) is 5.82 Å². The minimum Gasteiger partial charge on any atom is -0.317 e. The Balaban J connectivity index is 2.38. The topological polar surface area (TPSA) is 30.7 Å². The summed E-state index contributed by atoms with van der Waals surface area (Å²) in [6, 6.07) is 7.04. The number of benzene rings is 1. The predicted molar refractivity (Wildman–Crippen MR) is 75.4 cm³/mol. The second-order valence-electron chi connectivity index (χ2n) is 4.80. The molecule has 0 amide bonds. The molecule has 7 heteroatoms. The molecular formula is C14H11ClF3N3. The number of hydrogen-bond donors (Lipinski definition) is 0. The van der Waals surface area contributed by atoms with Crippen molar-refractivity contribution in [2.45, 2.75) is 25.0 Å². The summed E-state index contributed by atoms with van der Waals surface area (Å²) in [5.41, 5.74) is 1.46. The first kappa shape index (κ1) is 14.1. The van der Waals surface area contributed by atoms with Gasteiger partial charge in [0.05, 0.1) is 22.6 Å². The smallest absolute Gasteiger partial charge is 0.317 e. The third-order valence-corrected chi connectivity index (χ3v) is 3.40. The van der Waals surface area contributed by atoms with Gasteiger partial charge in [0.2, 0.25) is 0 Å². The molecule has 110 valence electrons. The van der Waals surface area contributed by atoms with Crippen LogP contribution in [0.3, 0.4) is 0 Å². The van der Waals surface area contributed by atoms with E-state index in [0.29, 0.717) is 21.9 Å². The number of pyridine rings is 1. The molecule has 0 aliphatic heterocycles. The van der Waals surface area contributed by atoms with Crippen molar-refractivity contribution >= 4 is 33.5 Å². The van der Waals surface area contributed by atoms with E-state index in [1.165, 1.54) is 6.20 Å². The molecule has 21 heavy (non-hydrogen) atoms. The summed E-state index contributed by atoms with van der Waals surface area (Å²) in [4.78, 5) is 8.43. The number of fused-ring (bicyclic) bond motifs is 3. The van der Waals surface area contributed by atoms with Gasteiger partial charge in [-0.25, -0.2) is 4.98 Å². The van der Waals surface area contributed by atoms with Crippen LogP contribution in [0.25, 0.3) is 21.9 Å². The number of nitrogens with zero attached hydrogens (tertiary/aromatic N) is 3. The van der Waals surface area contributed by atoms with Gasteiger partial charge in [0.1, 0.15) is 17.9 Å². The average molecular weight is 314 g/mol. The maximum Gasteiger partial charge on any atom is 0.406 e. The molecule has 1 atom stereocenters. The molecule has 3 aromatic rings. The van der Waals surface area contributed by atoms with Crippen molar-refractivity contribution < 1.29 is 13.2 Å². The predicted octanol–water partition coefficient (Wildman–Crippen LogP) is 4.45. The highest BCUT2D eigenvalue weighted by Crippen LogP contribution is 2.31. The van der Waals surface area contributed by atoms with Gasteiger partial charge >= 0.3 is 6.18 Å². The molecule has 1 unspecified atom stereocenters. The van der Waals surface area contributed by atoms with Gasteiger partial charge in [0.15, 0.2) is 0 Å². The van der Waals surface area contributed by atoms with Gasteiger partial charge in [-0.15, -0.1) is 11.6 Å². The molecule has 0 radical (unpaired) electrons. The fourth-order valence-electron chi connectivity index (χ4n) is 2.42. The van der Waals surface area contributed by atoms with Gasteiger partial charge in [-0.3, -0.25) is 4.98 Å². The molecule has 0 bridgehead atoms. The van der Waals surface area contributed by atoms with Crippen molar-refractivity contribution in [2.75, 3.05) is 0 Å². The second-order valence-corrected chi connectivity index (χ2v) is 5.45. The van der Waals surface area contributed by atoms with Crippen LogP contribution in [0.15, 0.2) is 30.5 Å². The highest BCUT2D eigenvalue weighted by atomic mass is 35.5. The quantitative estimate of drug-likeness (QED) is 0.655. The third kappa shape index (κ3) is 2.55. The van der Waals surface area contributed by atoms with E-state index in [0.717, 1.165) is 4.57 Å². The maximum atomic E-state index is 12.9. The molecule has 1 aromatic carbocycles. The minimum absolute atomic E-state index is 0.196. The van der Waals surface area contributed by atoms with Gasteiger partial charge in [0, 0.05) is 5.39 Å². The van der Waals surface area contributed by atoms with E-state index >= 15 is 0 Å². The van der Waals surface area contributed by atoms with Crippen LogP contribution in [0.5, 0.6) is 0 Å². The lowest BCUT2D eigenvalue weighted by atomic mass is 10.2. The van der Waals surface area contributed by atoms with E-state index in [4.69, 9.17) is 11.6 Å². The zero-order chi connectivity index (χ0) is 15.2. The molecular weight excluding hydrogens is 303 g/mol. The summed E-state index contributed by atoms with van der Waals surface area (Å²) < 4.78 is 39.8. The Morgan fingerprint density at radius 3 is 2.62 bits per heavy atom. The fourth-order valence-corrected chi connectivity index (χ4v) is 2.59. The Morgan fingerprint density at radius 1 is 1.24 bits per heavy atom. The number of rotatable bonds is 2. The number of para-hydroxylation sites is 1. The van der Waals surface area contributed by atoms with Crippen molar-refractivity contribution in [3.05, 3.63) is 36.3 Å². The van der Waals surface area contributed by atoms with Crippen molar-refractivity contribution in [3.63, 3.8) is 0 Å². The van der Waals surface area contributed by atoms with Crippen LogP contribution >= 0.6 is 11.6 Å². The van der Waals surface area contributed by atoms with Crippen molar-refractivity contribution in [2.24, 2.45) is 0 Å². The lowest BCUT2D eigenvalue weighted by Gasteiger charge is -2.13. The normalized spacial score (nSPS) is 14.0. The second kappa shape index (κ2) is 4.87. The minimum atomic E-state index is -4.35. The molecule has 0 aliphatic carbocycles. The highest BCUT2D eigenvalue weighted by molar-refractivity contribution is 6.20. The first-order valence-electron chi connectivity index (χ1n) is 6.31. The van der Waals surface area contributed by atoms with E-state index < -0.39 is 18.1 Å². The van der Waals surface area contributed by atoms with Crippen molar-refractivity contribution in [1.29, 1.82) is 0 Å². The Kier molecular flexibility index (Phi) is 3.28. The van der Waals surface area contributed by atoms with Gasteiger partial charge in [-0.2, -0.15) is 13.2 Å². The van der Waals surface area contributed by atoms with Gasteiger partial charge in [-0.05, 0) is 13.0 Å². The van der Waals surface area contributed by atoms with Crippen LogP contribution in [-0.2, 0) is 6.54 Å². The molecule has 3 nitrogen and oxygen atoms in total. The van der Waals surface area contributed by atoms with Gasteiger partial charge in [-0.1, -0.05) is 18.2 Å². The molecule has 0 spiro atoms. The number of alkyl halides is 4. The Hall–Kier alpha value is -1.82. The maximum absolute atomic E-state index is 12.9. The Morgan fingerprint density at radius 2 is 1.95 bits per heavy atom. The van der Waals surface area contributed by atoms with Gasteiger partial charge in [0.25, 0.3) is 0 Å². The Bertz CT molecular complexity index is 808. The highest BCUT2D eigenvalue weighted by Gasteiger charge is 2.31. The SMILES string of the molecule is CC(Cl)c1nc2cnc3ccccc3c2n1CC(F)(F)F. The van der Waals surface area contributed by atoms with E-state index in [9.17, 15) is 13.2 Å². The zero-order valence-electron chi connectivity index (χ0n) is 11.0. The lowest BCUT2D eigenvalue weighted by molar-refractivity contribution is -0.140. The lowest BCUT2D eigenvalue weighted by Crippen LogP contribution is -2.19. The van der Waals surface area contributed by atoms with Crippen LogP contribution in [0, 0.1) is 0 Å². The third-order valence-electron chi connectivity index (χ3n) is 3.20. The van der Waals surface area contributed by atoms with E-state index in [2.05, 4.69) is 9.97 Å². The van der Waals surface area contributed by atoms with Crippen molar-refractivity contribution in [3.8, 4) is 0 Å². The summed E-state index contributed by atoms with van der Waals surface area (Å²) in [5.74, 6) is 0.196. The largest absolute Gasteiger partial charge is 0.406 e. The summed E-state index contributed by atoms with van der Waals surface area (Å²) >= 11 is 5.99.